The number of piperazine rings is 1. The van der Waals surface area contributed by atoms with Gasteiger partial charge in [0.2, 0.25) is 0 Å². The first-order valence-corrected chi connectivity index (χ1v) is 11.1. The molecule has 2 aromatic heterocycles. The van der Waals surface area contributed by atoms with Crippen molar-refractivity contribution in [3.8, 4) is 5.75 Å². The van der Waals surface area contributed by atoms with Gasteiger partial charge in [0.25, 0.3) is 11.5 Å². The van der Waals surface area contributed by atoms with E-state index in [1.807, 2.05) is 43.0 Å². The highest BCUT2D eigenvalue weighted by Gasteiger charge is 2.21. The quantitative estimate of drug-likeness (QED) is 0.584. The van der Waals surface area contributed by atoms with Gasteiger partial charge >= 0.3 is 0 Å². The second kappa shape index (κ2) is 9.52. The Balaban J connectivity index is 1.48. The molecule has 1 amide bonds. The average Bonchev–Trinajstić information content (AvgIpc) is 3.23. The molecule has 0 radical (unpaired) electrons. The standard InChI is InChI=1S/C23H30N6O3/c1-4-28-9-11-29(12-10-28)19(30)14-32-17-8-6-5-7-16(17)13-18-24-21-20(15(2)3)26-27-22(21)23(31)25-18/h5-8,15H,4,9-14H2,1-3H3,(H,26,27)(H,24,25,31). The highest BCUT2D eigenvalue weighted by molar-refractivity contribution is 5.78. The van der Waals surface area contributed by atoms with E-state index in [1.165, 1.54) is 0 Å². The summed E-state index contributed by atoms with van der Waals surface area (Å²) in [6, 6.07) is 7.53. The summed E-state index contributed by atoms with van der Waals surface area (Å²) in [5, 5.41) is 7.03. The minimum atomic E-state index is -0.270. The number of aromatic amines is 2. The third-order valence-electron chi connectivity index (χ3n) is 5.92. The predicted octanol–water partition coefficient (Wildman–Crippen LogP) is 1.90. The summed E-state index contributed by atoms with van der Waals surface area (Å²) in [6.07, 6.45) is 0.382. The Morgan fingerprint density at radius 3 is 2.62 bits per heavy atom. The first-order chi connectivity index (χ1) is 15.5. The van der Waals surface area contributed by atoms with Crippen molar-refractivity contribution in [3.63, 3.8) is 0 Å². The summed E-state index contributed by atoms with van der Waals surface area (Å²) in [7, 11) is 0. The molecule has 0 bridgehead atoms. The van der Waals surface area contributed by atoms with Crippen LogP contribution in [0.15, 0.2) is 29.1 Å². The number of carbonyl (C=O) groups is 1. The van der Waals surface area contributed by atoms with Gasteiger partial charge in [0.1, 0.15) is 17.1 Å². The fourth-order valence-electron chi connectivity index (χ4n) is 3.98. The molecule has 0 atom stereocenters. The van der Waals surface area contributed by atoms with E-state index in [4.69, 9.17) is 4.74 Å². The van der Waals surface area contributed by atoms with Crippen LogP contribution in [0.5, 0.6) is 5.75 Å². The summed E-state index contributed by atoms with van der Waals surface area (Å²) in [5.74, 6) is 1.31. The zero-order valence-corrected chi connectivity index (χ0v) is 18.9. The van der Waals surface area contributed by atoms with Crippen LogP contribution in [0, 0.1) is 0 Å². The summed E-state index contributed by atoms with van der Waals surface area (Å²) < 4.78 is 5.90. The molecular formula is C23H30N6O3. The Morgan fingerprint density at radius 1 is 1.16 bits per heavy atom. The molecule has 0 aliphatic carbocycles. The second-order valence-corrected chi connectivity index (χ2v) is 8.39. The van der Waals surface area contributed by atoms with E-state index in [9.17, 15) is 9.59 Å². The van der Waals surface area contributed by atoms with Gasteiger partial charge in [-0.1, -0.05) is 39.0 Å². The highest BCUT2D eigenvalue weighted by Crippen LogP contribution is 2.22. The van der Waals surface area contributed by atoms with Gasteiger partial charge < -0.3 is 19.5 Å². The van der Waals surface area contributed by atoms with Gasteiger partial charge in [-0.15, -0.1) is 0 Å². The fourth-order valence-corrected chi connectivity index (χ4v) is 3.98. The molecule has 3 heterocycles. The third kappa shape index (κ3) is 4.67. The van der Waals surface area contributed by atoms with Crippen molar-refractivity contribution in [1.29, 1.82) is 0 Å². The van der Waals surface area contributed by atoms with E-state index in [1.54, 1.807) is 0 Å². The molecule has 32 heavy (non-hydrogen) atoms. The topological polar surface area (TPSA) is 107 Å². The van der Waals surface area contributed by atoms with Crippen LogP contribution in [0.4, 0.5) is 0 Å². The molecule has 1 saturated heterocycles. The van der Waals surface area contributed by atoms with E-state index in [0.29, 0.717) is 29.0 Å². The number of hydrogen-bond donors (Lipinski definition) is 2. The molecule has 9 nitrogen and oxygen atoms in total. The van der Waals surface area contributed by atoms with E-state index in [-0.39, 0.29) is 24.0 Å². The predicted molar refractivity (Wildman–Crippen MR) is 122 cm³/mol. The monoisotopic (exact) mass is 438 g/mol. The maximum Gasteiger partial charge on any atom is 0.279 e. The van der Waals surface area contributed by atoms with E-state index >= 15 is 0 Å². The summed E-state index contributed by atoms with van der Waals surface area (Å²) in [5.41, 5.74) is 2.33. The zero-order valence-electron chi connectivity index (χ0n) is 18.9. The van der Waals surface area contributed by atoms with E-state index < -0.39 is 0 Å². The average molecular weight is 439 g/mol. The molecule has 3 aromatic rings. The SMILES string of the molecule is CCN1CCN(C(=O)COc2ccccc2Cc2nc3c(C(C)C)[nH]nc3c(=O)[nH]2)CC1. The molecule has 0 unspecified atom stereocenters. The number of H-pyrrole nitrogens is 2. The Labute approximate surface area is 186 Å². The maximum absolute atomic E-state index is 12.6. The number of para-hydroxylation sites is 1. The minimum Gasteiger partial charge on any atom is -0.483 e. The highest BCUT2D eigenvalue weighted by atomic mass is 16.5. The Bertz CT molecular complexity index is 1140. The van der Waals surface area contributed by atoms with Crippen LogP contribution in [0.25, 0.3) is 11.0 Å². The molecule has 0 spiro atoms. The maximum atomic E-state index is 12.6. The first-order valence-electron chi connectivity index (χ1n) is 11.1. The number of likely N-dealkylation sites (N-methyl/N-ethyl adjacent to an activating group) is 1. The largest absolute Gasteiger partial charge is 0.483 e. The Hall–Kier alpha value is -3.20. The van der Waals surface area contributed by atoms with E-state index in [0.717, 1.165) is 44.0 Å². The van der Waals surface area contributed by atoms with E-state index in [2.05, 4.69) is 32.0 Å². The number of rotatable bonds is 7. The Morgan fingerprint density at radius 2 is 1.91 bits per heavy atom. The normalized spacial score (nSPS) is 14.9. The molecule has 4 rings (SSSR count). The van der Waals surface area contributed by atoms with Gasteiger partial charge in [0.15, 0.2) is 12.1 Å². The van der Waals surface area contributed by atoms with Crippen LogP contribution in [-0.4, -0.2) is 75.2 Å². The van der Waals surface area contributed by atoms with Gasteiger partial charge in [0, 0.05) is 38.2 Å². The number of fused-ring (bicyclic) bond motifs is 1. The molecule has 1 aliphatic rings. The molecule has 0 saturated carbocycles. The lowest BCUT2D eigenvalue weighted by atomic mass is 10.1. The molecule has 1 fully saturated rings. The number of carbonyl (C=O) groups excluding carboxylic acids is 1. The first kappa shape index (κ1) is 22.0. The lowest BCUT2D eigenvalue weighted by Gasteiger charge is -2.34. The van der Waals surface area contributed by atoms with Crippen LogP contribution < -0.4 is 10.3 Å². The molecule has 2 N–H and O–H groups in total. The number of aromatic nitrogens is 4. The van der Waals surface area contributed by atoms with Gasteiger partial charge in [-0.25, -0.2) is 4.98 Å². The van der Waals surface area contributed by atoms with Crippen LogP contribution in [0.3, 0.4) is 0 Å². The van der Waals surface area contributed by atoms with Crippen LogP contribution in [-0.2, 0) is 11.2 Å². The number of hydrogen-bond acceptors (Lipinski definition) is 6. The zero-order chi connectivity index (χ0) is 22.7. The molecule has 9 heteroatoms. The van der Waals surface area contributed by atoms with Crippen LogP contribution in [0.1, 0.15) is 43.8 Å². The third-order valence-corrected chi connectivity index (χ3v) is 5.92. The summed E-state index contributed by atoms with van der Waals surface area (Å²) >= 11 is 0. The number of nitrogens with zero attached hydrogens (tertiary/aromatic N) is 4. The molecular weight excluding hydrogens is 408 g/mol. The van der Waals surface area contributed by atoms with Gasteiger partial charge in [-0.05, 0) is 18.5 Å². The van der Waals surface area contributed by atoms with Crippen molar-refractivity contribution in [2.75, 3.05) is 39.3 Å². The minimum absolute atomic E-state index is 0.00858. The van der Waals surface area contributed by atoms with Crippen molar-refractivity contribution < 1.29 is 9.53 Å². The van der Waals surface area contributed by atoms with Crippen LogP contribution >= 0.6 is 0 Å². The fraction of sp³-hybridized carbons (Fsp3) is 0.478. The van der Waals surface area contributed by atoms with Crippen molar-refractivity contribution in [2.24, 2.45) is 0 Å². The second-order valence-electron chi connectivity index (χ2n) is 8.39. The molecule has 1 aliphatic heterocycles. The van der Waals surface area contributed by atoms with Crippen molar-refractivity contribution >= 4 is 16.9 Å². The van der Waals surface area contributed by atoms with Gasteiger partial charge in [-0.3, -0.25) is 14.7 Å². The smallest absolute Gasteiger partial charge is 0.279 e. The number of ether oxygens (including phenoxy) is 1. The molecule has 170 valence electrons. The summed E-state index contributed by atoms with van der Waals surface area (Å²) in [4.78, 5) is 36.8. The van der Waals surface area contributed by atoms with Crippen molar-refractivity contribution in [2.45, 2.75) is 33.1 Å². The van der Waals surface area contributed by atoms with Crippen molar-refractivity contribution in [3.05, 3.63) is 51.7 Å². The van der Waals surface area contributed by atoms with Gasteiger partial charge in [0.05, 0.1) is 5.69 Å². The van der Waals surface area contributed by atoms with Crippen LogP contribution in [0.2, 0.25) is 0 Å². The Kier molecular flexibility index (Phi) is 6.55. The van der Waals surface area contributed by atoms with Crippen molar-refractivity contribution in [1.82, 2.24) is 30.0 Å². The molecule has 1 aromatic carbocycles. The number of amides is 1. The van der Waals surface area contributed by atoms with Gasteiger partial charge in [-0.2, -0.15) is 5.10 Å². The lowest BCUT2D eigenvalue weighted by Crippen LogP contribution is -2.49. The summed E-state index contributed by atoms with van der Waals surface area (Å²) in [6.45, 7) is 10.4. The number of nitrogens with one attached hydrogen (secondary N) is 2. The number of benzene rings is 1. The lowest BCUT2D eigenvalue weighted by molar-refractivity contribution is -0.135.